The second-order valence-electron chi connectivity index (χ2n) is 5.25. The Hall–Kier alpha value is -1.01. The molecule has 2 nitrogen and oxygen atoms in total. The van der Waals surface area contributed by atoms with E-state index in [9.17, 15) is 13.2 Å². The Bertz CT molecular complexity index is 654. The number of benzene rings is 1. The van der Waals surface area contributed by atoms with Crippen molar-refractivity contribution in [1.82, 2.24) is 10.3 Å². The van der Waals surface area contributed by atoms with Gasteiger partial charge in [0.2, 0.25) is 0 Å². The first kappa shape index (κ1) is 13.9. The van der Waals surface area contributed by atoms with Crippen molar-refractivity contribution < 1.29 is 13.2 Å². The van der Waals surface area contributed by atoms with Crippen LogP contribution in [-0.4, -0.2) is 17.7 Å². The summed E-state index contributed by atoms with van der Waals surface area (Å²) < 4.78 is 41.9. The lowest BCUT2D eigenvalue weighted by atomic mass is 9.85. The Labute approximate surface area is 122 Å². The van der Waals surface area contributed by atoms with Crippen LogP contribution >= 0.6 is 15.9 Å². The van der Waals surface area contributed by atoms with E-state index < -0.39 is 11.7 Å². The Balaban J connectivity index is 2.29. The zero-order chi connectivity index (χ0) is 14.5. The molecule has 1 atom stereocenters. The third-order valence-corrected chi connectivity index (χ3v) is 4.51. The fourth-order valence-electron chi connectivity index (χ4n) is 3.20. The van der Waals surface area contributed by atoms with Gasteiger partial charge in [0.05, 0.1) is 0 Å². The SMILES string of the molecule is Cc1[nH]c2cc(Br)ccc2c1C1(C(F)(F)F)CCCN1. The molecule has 0 amide bonds. The maximum absolute atomic E-state index is 13.7. The van der Waals surface area contributed by atoms with Gasteiger partial charge >= 0.3 is 6.18 Å². The molecule has 0 aliphatic carbocycles. The lowest BCUT2D eigenvalue weighted by Gasteiger charge is -2.32. The Morgan fingerprint density at radius 3 is 2.65 bits per heavy atom. The van der Waals surface area contributed by atoms with Gasteiger partial charge in [-0.15, -0.1) is 0 Å². The lowest BCUT2D eigenvalue weighted by molar-refractivity contribution is -0.195. The molecule has 1 aromatic heterocycles. The first-order valence-corrected chi connectivity index (χ1v) is 7.24. The van der Waals surface area contributed by atoms with Gasteiger partial charge in [-0.25, -0.2) is 0 Å². The number of rotatable bonds is 1. The normalized spacial score (nSPS) is 23.6. The van der Waals surface area contributed by atoms with E-state index in [0.29, 0.717) is 29.6 Å². The van der Waals surface area contributed by atoms with E-state index in [0.717, 1.165) is 9.99 Å². The molecular weight excluding hydrogens is 333 g/mol. The largest absolute Gasteiger partial charge is 0.410 e. The van der Waals surface area contributed by atoms with E-state index in [1.165, 1.54) is 0 Å². The maximum atomic E-state index is 13.7. The van der Waals surface area contributed by atoms with Crippen molar-refractivity contribution in [2.24, 2.45) is 0 Å². The Kier molecular flexibility index (Phi) is 3.14. The highest BCUT2D eigenvalue weighted by Gasteiger charge is 2.58. The number of fused-ring (bicyclic) bond motifs is 1. The van der Waals surface area contributed by atoms with Crippen LogP contribution in [0.15, 0.2) is 22.7 Å². The minimum absolute atomic E-state index is 0.0837. The summed E-state index contributed by atoms with van der Waals surface area (Å²) in [6.07, 6.45) is -3.70. The summed E-state index contributed by atoms with van der Waals surface area (Å²) in [7, 11) is 0. The van der Waals surface area contributed by atoms with Gasteiger partial charge in [-0.2, -0.15) is 13.2 Å². The third-order valence-electron chi connectivity index (χ3n) is 4.01. The predicted octanol–water partition coefficient (Wildman–Crippen LogP) is 4.38. The number of alkyl halides is 3. The van der Waals surface area contributed by atoms with Crippen molar-refractivity contribution in [3.05, 3.63) is 33.9 Å². The molecule has 0 saturated carbocycles. The van der Waals surface area contributed by atoms with Crippen molar-refractivity contribution in [3.8, 4) is 0 Å². The number of hydrogen-bond acceptors (Lipinski definition) is 1. The first-order valence-electron chi connectivity index (χ1n) is 6.45. The number of H-pyrrole nitrogens is 1. The van der Waals surface area contributed by atoms with Crippen molar-refractivity contribution in [3.63, 3.8) is 0 Å². The molecule has 1 saturated heterocycles. The molecule has 1 fully saturated rings. The van der Waals surface area contributed by atoms with Crippen molar-refractivity contribution in [2.75, 3.05) is 6.54 Å². The summed E-state index contributed by atoms with van der Waals surface area (Å²) in [5.41, 5.74) is -0.289. The van der Waals surface area contributed by atoms with Crippen LogP contribution in [0.2, 0.25) is 0 Å². The van der Waals surface area contributed by atoms with E-state index in [4.69, 9.17) is 0 Å². The predicted molar refractivity (Wildman–Crippen MR) is 75.7 cm³/mol. The number of hydrogen-bond donors (Lipinski definition) is 2. The minimum Gasteiger partial charge on any atom is -0.358 e. The molecular formula is C14H14BrF3N2. The van der Waals surface area contributed by atoms with Crippen LogP contribution in [0.4, 0.5) is 13.2 Å². The van der Waals surface area contributed by atoms with Crippen molar-refractivity contribution in [1.29, 1.82) is 0 Å². The van der Waals surface area contributed by atoms with Crippen LogP contribution in [0.1, 0.15) is 24.1 Å². The average molecular weight is 347 g/mol. The summed E-state index contributed by atoms with van der Waals surface area (Å²) in [5, 5.41) is 3.34. The molecule has 3 rings (SSSR count). The van der Waals surface area contributed by atoms with Crippen LogP contribution in [0.3, 0.4) is 0 Å². The summed E-state index contributed by atoms with van der Waals surface area (Å²) in [6, 6.07) is 5.33. The fraction of sp³-hybridized carbons (Fsp3) is 0.429. The average Bonchev–Trinajstić information content (AvgIpc) is 2.91. The van der Waals surface area contributed by atoms with Crippen LogP contribution in [0.25, 0.3) is 10.9 Å². The summed E-state index contributed by atoms with van der Waals surface area (Å²) in [5.74, 6) is 0. The zero-order valence-electron chi connectivity index (χ0n) is 10.9. The molecule has 2 aromatic rings. The number of halogens is 4. The van der Waals surface area contributed by atoms with Gasteiger partial charge in [-0.3, -0.25) is 5.32 Å². The molecule has 1 aromatic carbocycles. The molecule has 20 heavy (non-hydrogen) atoms. The van der Waals surface area contributed by atoms with Gasteiger partial charge < -0.3 is 4.98 Å². The molecule has 0 radical (unpaired) electrons. The Morgan fingerprint density at radius 2 is 2.05 bits per heavy atom. The molecule has 6 heteroatoms. The number of aromatic amines is 1. The summed E-state index contributed by atoms with van der Waals surface area (Å²) in [4.78, 5) is 3.07. The second kappa shape index (κ2) is 4.49. The molecule has 0 spiro atoms. The lowest BCUT2D eigenvalue weighted by Crippen LogP contribution is -2.50. The number of aryl methyl sites for hydroxylation is 1. The molecule has 2 N–H and O–H groups in total. The standard InChI is InChI=1S/C14H14BrF3N2/c1-8-12(10-4-3-9(15)7-11(10)20-8)13(14(16,17)18)5-2-6-19-13/h3-4,7,19-20H,2,5-6H2,1H3. The van der Waals surface area contributed by atoms with E-state index in [2.05, 4.69) is 26.2 Å². The molecule has 108 valence electrons. The number of nitrogens with one attached hydrogen (secondary N) is 2. The van der Waals surface area contributed by atoms with Crippen molar-refractivity contribution >= 4 is 26.8 Å². The molecule has 1 aliphatic rings. The Morgan fingerprint density at radius 1 is 1.30 bits per heavy atom. The van der Waals surface area contributed by atoms with E-state index in [-0.39, 0.29) is 6.42 Å². The molecule has 1 aliphatic heterocycles. The third kappa shape index (κ3) is 1.89. The summed E-state index contributed by atoms with van der Waals surface area (Å²) in [6.45, 7) is 2.10. The van der Waals surface area contributed by atoms with E-state index >= 15 is 0 Å². The van der Waals surface area contributed by atoms with Gasteiger partial charge in [0.1, 0.15) is 5.54 Å². The van der Waals surface area contributed by atoms with Gasteiger partial charge in [0, 0.05) is 26.6 Å². The topological polar surface area (TPSA) is 27.8 Å². The van der Waals surface area contributed by atoms with E-state index in [1.807, 2.05) is 6.07 Å². The second-order valence-corrected chi connectivity index (χ2v) is 6.16. The molecule has 0 bridgehead atoms. The monoisotopic (exact) mass is 346 g/mol. The van der Waals surface area contributed by atoms with Crippen LogP contribution < -0.4 is 5.32 Å². The maximum Gasteiger partial charge on any atom is 0.410 e. The quantitative estimate of drug-likeness (QED) is 0.787. The van der Waals surface area contributed by atoms with E-state index in [1.54, 1.807) is 19.1 Å². The van der Waals surface area contributed by atoms with Crippen molar-refractivity contribution in [2.45, 2.75) is 31.5 Å². The first-order chi connectivity index (χ1) is 9.35. The minimum atomic E-state index is -4.31. The number of aromatic nitrogens is 1. The smallest absolute Gasteiger partial charge is 0.358 e. The molecule has 1 unspecified atom stereocenters. The molecule has 2 heterocycles. The highest BCUT2D eigenvalue weighted by Crippen LogP contribution is 2.48. The summed E-state index contributed by atoms with van der Waals surface area (Å²) >= 11 is 3.34. The highest BCUT2D eigenvalue weighted by molar-refractivity contribution is 9.10. The van der Waals surface area contributed by atoms with Crippen LogP contribution in [0, 0.1) is 6.92 Å². The van der Waals surface area contributed by atoms with Crippen LogP contribution in [-0.2, 0) is 5.54 Å². The van der Waals surface area contributed by atoms with Crippen LogP contribution in [0.5, 0.6) is 0 Å². The van der Waals surface area contributed by atoms with Gasteiger partial charge in [0.15, 0.2) is 0 Å². The fourth-order valence-corrected chi connectivity index (χ4v) is 3.56. The van der Waals surface area contributed by atoms with Gasteiger partial charge in [-0.05, 0) is 38.4 Å². The van der Waals surface area contributed by atoms with Gasteiger partial charge in [0.25, 0.3) is 0 Å². The van der Waals surface area contributed by atoms with Gasteiger partial charge in [-0.1, -0.05) is 22.0 Å². The highest BCUT2D eigenvalue weighted by atomic mass is 79.9. The zero-order valence-corrected chi connectivity index (χ0v) is 12.5.